The van der Waals surface area contributed by atoms with E-state index < -0.39 is 21.4 Å². The van der Waals surface area contributed by atoms with E-state index in [1.165, 1.54) is 26.0 Å². The van der Waals surface area contributed by atoms with Crippen molar-refractivity contribution in [2.24, 2.45) is 0 Å². The van der Waals surface area contributed by atoms with Crippen LogP contribution in [0.4, 0.5) is 13.2 Å². The van der Waals surface area contributed by atoms with Gasteiger partial charge >= 0.3 is 15.6 Å². The van der Waals surface area contributed by atoms with Gasteiger partial charge in [-0.25, -0.2) is 0 Å². The van der Waals surface area contributed by atoms with Crippen LogP contribution in [0, 0.1) is 27.7 Å². The predicted molar refractivity (Wildman–Crippen MR) is 99.9 cm³/mol. The second-order valence-corrected chi connectivity index (χ2v) is 7.58. The first-order valence-corrected chi connectivity index (χ1v) is 9.48. The molecule has 0 spiro atoms. The van der Waals surface area contributed by atoms with Crippen molar-refractivity contribution in [2.75, 3.05) is 0 Å². The molecule has 0 aliphatic heterocycles. The van der Waals surface area contributed by atoms with E-state index in [1.54, 1.807) is 13.0 Å². The predicted octanol–water partition coefficient (Wildman–Crippen LogP) is 4.17. The van der Waals surface area contributed by atoms with Gasteiger partial charge in [0.1, 0.15) is 24.1 Å². The third-order valence-electron chi connectivity index (χ3n) is 4.32. The molecule has 158 valence electrons. The standard InChI is InChI=1S/C10H9F3O4S.C9H10O2/c1-6-7(2)9(4-3-8(6)5-14)17-18(15,16)10(11,12)13;1-6-7(2)9(11)4-3-8(6)5-10/h3-5H,1-2H3;3-5,11H,1-2H3. The minimum atomic E-state index is -5.70. The topological polar surface area (TPSA) is 97.7 Å². The molecule has 0 saturated carbocycles. The van der Waals surface area contributed by atoms with Crippen LogP contribution in [-0.4, -0.2) is 31.6 Å². The van der Waals surface area contributed by atoms with E-state index in [9.17, 15) is 36.3 Å². The molecule has 0 saturated heterocycles. The van der Waals surface area contributed by atoms with Gasteiger partial charge in [-0.05, 0) is 74.2 Å². The van der Waals surface area contributed by atoms with E-state index in [0.717, 1.165) is 23.5 Å². The van der Waals surface area contributed by atoms with Gasteiger partial charge in [0.15, 0.2) is 0 Å². The fraction of sp³-hybridized carbons (Fsp3) is 0.263. The maximum absolute atomic E-state index is 12.1. The van der Waals surface area contributed by atoms with Crippen molar-refractivity contribution in [1.82, 2.24) is 0 Å². The summed E-state index contributed by atoms with van der Waals surface area (Å²) in [6.45, 7) is 6.45. The van der Waals surface area contributed by atoms with Crippen LogP contribution >= 0.6 is 0 Å². The van der Waals surface area contributed by atoms with Crippen LogP contribution in [0.2, 0.25) is 0 Å². The van der Waals surface area contributed by atoms with Gasteiger partial charge < -0.3 is 9.29 Å². The SMILES string of the molecule is Cc1c(C=O)ccc(OS(=O)(=O)C(F)(F)F)c1C.Cc1c(O)ccc(C=O)c1C. The van der Waals surface area contributed by atoms with Gasteiger partial charge in [0.05, 0.1) is 0 Å². The molecule has 0 atom stereocenters. The molecule has 0 bridgehead atoms. The number of hydrogen-bond acceptors (Lipinski definition) is 6. The lowest BCUT2D eigenvalue weighted by molar-refractivity contribution is -0.0500. The lowest BCUT2D eigenvalue weighted by Crippen LogP contribution is -2.28. The van der Waals surface area contributed by atoms with Crippen molar-refractivity contribution in [3.8, 4) is 11.5 Å². The van der Waals surface area contributed by atoms with E-state index in [-0.39, 0.29) is 16.9 Å². The summed E-state index contributed by atoms with van der Waals surface area (Å²) in [6, 6.07) is 5.35. The Hall–Kier alpha value is -2.88. The summed E-state index contributed by atoms with van der Waals surface area (Å²) in [4.78, 5) is 21.0. The first-order chi connectivity index (χ1) is 13.3. The second-order valence-electron chi connectivity index (χ2n) is 6.05. The van der Waals surface area contributed by atoms with Crippen LogP contribution < -0.4 is 4.18 Å². The Morgan fingerprint density at radius 2 is 1.28 bits per heavy atom. The number of phenols is 1. The Kier molecular flexibility index (Phi) is 7.56. The molecule has 2 aromatic carbocycles. The number of rotatable bonds is 4. The van der Waals surface area contributed by atoms with Crippen LogP contribution in [0.1, 0.15) is 43.0 Å². The molecule has 0 aliphatic carbocycles. The number of aldehydes is 2. The fourth-order valence-electron chi connectivity index (χ4n) is 2.16. The summed E-state index contributed by atoms with van der Waals surface area (Å²) in [5.41, 5.74) is -2.46. The summed E-state index contributed by atoms with van der Waals surface area (Å²) in [5.74, 6) is -0.205. The molecule has 2 aromatic rings. The Balaban J connectivity index is 0.000000326. The first-order valence-electron chi connectivity index (χ1n) is 8.07. The van der Waals surface area contributed by atoms with Gasteiger partial charge in [-0.3, -0.25) is 9.59 Å². The highest BCUT2D eigenvalue weighted by Gasteiger charge is 2.48. The van der Waals surface area contributed by atoms with Crippen LogP contribution in [0.3, 0.4) is 0 Å². The molecule has 6 nitrogen and oxygen atoms in total. The Bertz CT molecular complexity index is 1030. The second kappa shape index (κ2) is 9.08. The normalized spacial score (nSPS) is 11.3. The molecular formula is C19H19F3O6S. The van der Waals surface area contributed by atoms with Crippen LogP contribution in [-0.2, 0) is 10.1 Å². The van der Waals surface area contributed by atoms with Crippen molar-refractivity contribution in [2.45, 2.75) is 33.2 Å². The zero-order valence-electron chi connectivity index (χ0n) is 16.0. The number of alkyl halides is 3. The van der Waals surface area contributed by atoms with Gasteiger partial charge in [-0.1, -0.05) is 0 Å². The van der Waals surface area contributed by atoms with Gasteiger partial charge in [-0.15, -0.1) is 0 Å². The van der Waals surface area contributed by atoms with E-state index >= 15 is 0 Å². The number of carbonyl (C=O) groups excluding carboxylic acids is 2. The van der Waals surface area contributed by atoms with Crippen molar-refractivity contribution < 1.29 is 40.5 Å². The molecule has 0 heterocycles. The Morgan fingerprint density at radius 3 is 1.72 bits per heavy atom. The van der Waals surface area contributed by atoms with E-state index in [1.807, 2.05) is 6.92 Å². The largest absolute Gasteiger partial charge is 0.534 e. The third kappa shape index (κ3) is 5.57. The summed E-state index contributed by atoms with van der Waals surface area (Å²) >= 11 is 0. The molecule has 29 heavy (non-hydrogen) atoms. The first kappa shape index (κ1) is 24.2. The number of aromatic hydroxyl groups is 1. The lowest BCUT2D eigenvalue weighted by atomic mass is 10.0. The number of halogens is 3. The molecule has 0 amide bonds. The van der Waals surface area contributed by atoms with Gasteiger partial charge in [0.25, 0.3) is 0 Å². The smallest absolute Gasteiger partial charge is 0.508 e. The summed E-state index contributed by atoms with van der Waals surface area (Å²) in [5, 5.41) is 9.20. The summed E-state index contributed by atoms with van der Waals surface area (Å²) in [7, 11) is -5.70. The molecule has 0 aromatic heterocycles. The van der Waals surface area contributed by atoms with Gasteiger partial charge in [0, 0.05) is 11.1 Å². The lowest BCUT2D eigenvalue weighted by Gasteiger charge is -2.13. The van der Waals surface area contributed by atoms with Crippen LogP contribution in [0.25, 0.3) is 0 Å². The summed E-state index contributed by atoms with van der Waals surface area (Å²) in [6.07, 6.45) is 1.31. The highest BCUT2D eigenvalue weighted by molar-refractivity contribution is 7.88. The van der Waals surface area contributed by atoms with Crippen LogP contribution in [0.5, 0.6) is 11.5 Å². The highest BCUT2D eigenvalue weighted by Crippen LogP contribution is 2.30. The quantitative estimate of drug-likeness (QED) is 0.443. The molecule has 0 unspecified atom stereocenters. The fourth-order valence-corrected chi connectivity index (χ4v) is 2.67. The van der Waals surface area contributed by atoms with Crippen molar-refractivity contribution >= 4 is 22.7 Å². The van der Waals surface area contributed by atoms with Crippen molar-refractivity contribution in [1.29, 1.82) is 0 Å². The number of carbonyl (C=O) groups is 2. The molecule has 10 heteroatoms. The maximum Gasteiger partial charge on any atom is 0.534 e. The van der Waals surface area contributed by atoms with E-state index in [4.69, 9.17) is 0 Å². The zero-order valence-corrected chi connectivity index (χ0v) is 16.8. The molecule has 0 fully saturated rings. The average Bonchev–Trinajstić information content (AvgIpc) is 2.63. The zero-order chi connectivity index (χ0) is 22.6. The van der Waals surface area contributed by atoms with Crippen LogP contribution in [0.15, 0.2) is 24.3 Å². The van der Waals surface area contributed by atoms with Gasteiger partial charge in [0.2, 0.25) is 0 Å². The number of benzene rings is 2. The van der Waals surface area contributed by atoms with Gasteiger partial charge in [-0.2, -0.15) is 21.6 Å². The monoisotopic (exact) mass is 432 g/mol. The Labute approximate surface area is 166 Å². The Morgan fingerprint density at radius 1 is 0.828 bits per heavy atom. The summed E-state index contributed by atoms with van der Waals surface area (Å²) < 4.78 is 62.0. The minimum absolute atomic E-state index is 0.160. The molecule has 2 rings (SSSR count). The molecule has 0 aliphatic rings. The minimum Gasteiger partial charge on any atom is -0.508 e. The van der Waals surface area contributed by atoms with E-state index in [2.05, 4.69) is 4.18 Å². The third-order valence-corrected chi connectivity index (χ3v) is 5.28. The molecular weight excluding hydrogens is 413 g/mol. The van der Waals surface area contributed by atoms with Crippen molar-refractivity contribution in [3.63, 3.8) is 0 Å². The molecule has 0 radical (unpaired) electrons. The maximum atomic E-state index is 12.1. The molecule has 1 N–H and O–H groups in total. The van der Waals surface area contributed by atoms with Crippen molar-refractivity contribution in [3.05, 3.63) is 57.6 Å². The van der Waals surface area contributed by atoms with E-state index in [0.29, 0.717) is 17.4 Å². The highest BCUT2D eigenvalue weighted by atomic mass is 32.2. The number of phenolic OH excluding ortho intramolecular Hbond substituents is 1. The average molecular weight is 432 g/mol. The number of hydrogen-bond donors (Lipinski definition) is 1.